The maximum Gasteiger partial charge on any atom is 0.270 e. The number of non-ortho nitro benzene ring substituents is 1. The number of benzene rings is 1. The van der Waals surface area contributed by atoms with Gasteiger partial charge in [-0.2, -0.15) is 0 Å². The molecule has 0 amide bonds. The molecular weight excluding hydrogens is 338 g/mol. The number of halogens is 3. The van der Waals surface area contributed by atoms with Gasteiger partial charge in [-0.3, -0.25) is 15.1 Å². The van der Waals surface area contributed by atoms with E-state index < -0.39 is 22.6 Å². The van der Waals surface area contributed by atoms with Gasteiger partial charge in [0.15, 0.2) is 0 Å². The van der Waals surface area contributed by atoms with Gasteiger partial charge in [0.05, 0.1) is 16.7 Å². The van der Waals surface area contributed by atoms with Gasteiger partial charge in [-0.05, 0) is 28.1 Å². The largest absolute Gasteiger partial charge is 0.455 e. The van der Waals surface area contributed by atoms with E-state index in [1.165, 1.54) is 12.4 Å². The highest BCUT2D eigenvalue weighted by molar-refractivity contribution is 9.10. The summed E-state index contributed by atoms with van der Waals surface area (Å²) in [5.41, 5.74) is -0.959. The first-order valence-corrected chi connectivity index (χ1v) is 6.11. The van der Waals surface area contributed by atoms with Crippen molar-refractivity contribution >= 4 is 21.6 Å². The van der Waals surface area contributed by atoms with Crippen LogP contribution in [0, 0.1) is 10.1 Å². The van der Waals surface area contributed by atoms with Crippen molar-refractivity contribution in [2.45, 2.75) is 6.43 Å². The van der Waals surface area contributed by atoms with E-state index in [4.69, 9.17) is 4.74 Å². The summed E-state index contributed by atoms with van der Waals surface area (Å²) in [5.74, 6) is 0.0978. The molecule has 0 spiro atoms. The summed E-state index contributed by atoms with van der Waals surface area (Å²) in [6, 6.07) is 4.59. The van der Waals surface area contributed by atoms with Crippen LogP contribution in [-0.2, 0) is 0 Å². The summed E-state index contributed by atoms with van der Waals surface area (Å²) in [4.78, 5) is 13.7. The molecule has 0 aliphatic carbocycles. The molecule has 2 aromatic rings. The molecule has 1 aromatic heterocycles. The molecule has 0 saturated carbocycles. The molecule has 0 aliphatic rings. The number of nitro groups is 1. The molecule has 0 aliphatic heterocycles. The SMILES string of the molecule is O=[N+]([O-])c1ccc(Oc2cncc(Br)c2)c(C(F)F)c1. The Morgan fingerprint density at radius 3 is 2.65 bits per heavy atom. The van der Waals surface area contributed by atoms with Gasteiger partial charge >= 0.3 is 0 Å². The lowest BCUT2D eigenvalue weighted by atomic mass is 10.2. The van der Waals surface area contributed by atoms with E-state index in [0.717, 1.165) is 18.2 Å². The summed E-state index contributed by atoms with van der Waals surface area (Å²) < 4.78 is 31.8. The standard InChI is InChI=1S/C12H7BrF2N2O3/c13-7-3-9(6-16-5-7)20-11-2-1-8(17(18)19)4-10(11)12(14)15/h1-6,12H. The minimum Gasteiger partial charge on any atom is -0.455 e. The van der Waals surface area contributed by atoms with E-state index in [-0.39, 0.29) is 11.5 Å². The molecule has 1 aromatic carbocycles. The van der Waals surface area contributed by atoms with Gasteiger partial charge in [0.1, 0.15) is 11.5 Å². The predicted molar refractivity (Wildman–Crippen MR) is 70.1 cm³/mol. The van der Waals surface area contributed by atoms with Crippen LogP contribution in [0.3, 0.4) is 0 Å². The molecule has 0 saturated heterocycles. The fourth-order valence-electron chi connectivity index (χ4n) is 1.49. The van der Waals surface area contributed by atoms with Crippen molar-refractivity contribution in [2.24, 2.45) is 0 Å². The van der Waals surface area contributed by atoms with Crippen LogP contribution in [0.15, 0.2) is 41.1 Å². The number of nitrogens with zero attached hydrogens (tertiary/aromatic N) is 2. The Balaban J connectivity index is 2.38. The van der Waals surface area contributed by atoms with E-state index in [9.17, 15) is 18.9 Å². The monoisotopic (exact) mass is 344 g/mol. The van der Waals surface area contributed by atoms with Gasteiger partial charge in [0.2, 0.25) is 0 Å². The highest BCUT2D eigenvalue weighted by Crippen LogP contribution is 2.35. The van der Waals surface area contributed by atoms with Crippen LogP contribution in [0.2, 0.25) is 0 Å². The highest BCUT2D eigenvalue weighted by atomic mass is 79.9. The fraction of sp³-hybridized carbons (Fsp3) is 0.0833. The summed E-state index contributed by atoms with van der Waals surface area (Å²) >= 11 is 3.17. The van der Waals surface area contributed by atoms with Crippen molar-refractivity contribution in [1.82, 2.24) is 4.98 Å². The van der Waals surface area contributed by atoms with Crippen molar-refractivity contribution < 1.29 is 18.4 Å². The van der Waals surface area contributed by atoms with Crippen molar-refractivity contribution in [1.29, 1.82) is 0 Å². The van der Waals surface area contributed by atoms with Crippen LogP contribution in [0.5, 0.6) is 11.5 Å². The molecule has 0 radical (unpaired) electrons. The molecule has 0 atom stereocenters. The zero-order valence-corrected chi connectivity index (χ0v) is 11.4. The number of ether oxygens (including phenoxy) is 1. The third kappa shape index (κ3) is 3.27. The van der Waals surface area contributed by atoms with Crippen LogP contribution in [0.25, 0.3) is 0 Å². The second-order valence-corrected chi connectivity index (χ2v) is 4.64. The minimum absolute atomic E-state index is 0.148. The second-order valence-electron chi connectivity index (χ2n) is 3.72. The minimum atomic E-state index is -2.88. The summed E-state index contributed by atoms with van der Waals surface area (Å²) in [6.45, 7) is 0. The lowest BCUT2D eigenvalue weighted by Crippen LogP contribution is -1.96. The maximum absolute atomic E-state index is 12.9. The number of rotatable bonds is 4. The Bertz CT molecular complexity index is 652. The number of pyridine rings is 1. The molecule has 20 heavy (non-hydrogen) atoms. The third-order valence-electron chi connectivity index (χ3n) is 2.35. The molecule has 0 unspecified atom stereocenters. The van der Waals surface area contributed by atoms with Crippen molar-refractivity contribution in [3.8, 4) is 11.5 Å². The first-order valence-electron chi connectivity index (χ1n) is 5.32. The lowest BCUT2D eigenvalue weighted by Gasteiger charge is -2.10. The van der Waals surface area contributed by atoms with E-state index in [1.54, 1.807) is 6.07 Å². The number of nitro benzene ring substituents is 1. The molecule has 8 heteroatoms. The van der Waals surface area contributed by atoms with Crippen molar-refractivity contribution in [2.75, 3.05) is 0 Å². The van der Waals surface area contributed by atoms with Crippen LogP contribution in [-0.4, -0.2) is 9.91 Å². The van der Waals surface area contributed by atoms with E-state index >= 15 is 0 Å². The molecule has 0 bridgehead atoms. The first kappa shape index (κ1) is 14.3. The first-order chi connectivity index (χ1) is 9.47. The number of aromatic nitrogens is 1. The molecule has 0 N–H and O–H groups in total. The third-order valence-corrected chi connectivity index (χ3v) is 2.78. The topological polar surface area (TPSA) is 65.3 Å². The molecule has 2 rings (SSSR count). The smallest absolute Gasteiger partial charge is 0.270 e. The Labute approximate surface area is 120 Å². The number of hydrogen-bond donors (Lipinski definition) is 0. The maximum atomic E-state index is 12.9. The molecular formula is C12H7BrF2N2O3. The normalized spacial score (nSPS) is 10.6. The van der Waals surface area contributed by atoms with Gasteiger partial charge in [-0.1, -0.05) is 0 Å². The quantitative estimate of drug-likeness (QED) is 0.605. The summed E-state index contributed by atoms with van der Waals surface area (Å²) in [6.07, 6.45) is -0.0250. The number of alkyl halides is 2. The molecule has 1 heterocycles. The average molecular weight is 345 g/mol. The fourth-order valence-corrected chi connectivity index (χ4v) is 1.83. The van der Waals surface area contributed by atoms with Crippen LogP contribution >= 0.6 is 15.9 Å². The van der Waals surface area contributed by atoms with E-state index in [0.29, 0.717) is 4.47 Å². The summed E-state index contributed by atoms with van der Waals surface area (Å²) in [7, 11) is 0. The summed E-state index contributed by atoms with van der Waals surface area (Å²) in [5, 5.41) is 10.6. The Morgan fingerprint density at radius 1 is 1.30 bits per heavy atom. The molecule has 5 nitrogen and oxygen atoms in total. The Kier molecular flexibility index (Phi) is 4.23. The van der Waals surface area contributed by atoms with Gasteiger partial charge in [0, 0.05) is 22.8 Å². The predicted octanol–water partition coefficient (Wildman–Crippen LogP) is 4.48. The Morgan fingerprint density at radius 2 is 2.05 bits per heavy atom. The lowest BCUT2D eigenvalue weighted by molar-refractivity contribution is -0.385. The van der Waals surface area contributed by atoms with Crippen LogP contribution < -0.4 is 4.74 Å². The van der Waals surface area contributed by atoms with Crippen LogP contribution in [0.4, 0.5) is 14.5 Å². The number of hydrogen-bond acceptors (Lipinski definition) is 4. The molecule has 104 valence electrons. The average Bonchev–Trinajstić information content (AvgIpc) is 2.38. The van der Waals surface area contributed by atoms with Gasteiger partial charge in [-0.25, -0.2) is 8.78 Å². The Hall–Kier alpha value is -2.09. The second kappa shape index (κ2) is 5.91. The van der Waals surface area contributed by atoms with E-state index in [2.05, 4.69) is 20.9 Å². The van der Waals surface area contributed by atoms with Gasteiger partial charge in [0.25, 0.3) is 12.1 Å². The zero-order chi connectivity index (χ0) is 14.7. The van der Waals surface area contributed by atoms with E-state index in [1.807, 2.05) is 0 Å². The van der Waals surface area contributed by atoms with Gasteiger partial charge < -0.3 is 4.74 Å². The van der Waals surface area contributed by atoms with Crippen LogP contribution in [0.1, 0.15) is 12.0 Å². The highest BCUT2D eigenvalue weighted by Gasteiger charge is 2.19. The zero-order valence-electron chi connectivity index (χ0n) is 9.79. The van der Waals surface area contributed by atoms with Crippen molar-refractivity contribution in [3.05, 3.63) is 56.8 Å². The van der Waals surface area contributed by atoms with Crippen molar-refractivity contribution in [3.63, 3.8) is 0 Å². The van der Waals surface area contributed by atoms with Gasteiger partial charge in [-0.15, -0.1) is 0 Å². The molecule has 0 fully saturated rings.